The summed E-state index contributed by atoms with van der Waals surface area (Å²) in [4.78, 5) is 0. The number of hydrogen-bond acceptors (Lipinski definition) is 1. The predicted molar refractivity (Wildman–Crippen MR) is 136 cm³/mol. The van der Waals surface area contributed by atoms with Crippen LogP contribution in [0.2, 0.25) is 0 Å². The fourth-order valence-corrected chi connectivity index (χ4v) is 3.79. The fraction of sp³-hybridized carbons (Fsp3) is 0.333. The van der Waals surface area contributed by atoms with Crippen LogP contribution in [-0.2, 0) is 6.42 Å². The van der Waals surface area contributed by atoms with E-state index in [4.69, 9.17) is 0 Å². The average molecular weight is 415 g/mol. The molecule has 0 radical (unpaired) electrons. The molecule has 1 aliphatic carbocycles. The van der Waals surface area contributed by atoms with Gasteiger partial charge >= 0.3 is 0 Å². The lowest BCUT2D eigenvalue weighted by atomic mass is 9.74. The number of phenolic OH excluding ortho intramolecular Hbond substituents is 1. The molecule has 0 saturated heterocycles. The van der Waals surface area contributed by atoms with Crippen LogP contribution >= 0.6 is 0 Å². The molecule has 1 aliphatic rings. The molecule has 1 atom stereocenters. The summed E-state index contributed by atoms with van der Waals surface area (Å²) in [6, 6.07) is 15.8. The van der Waals surface area contributed by atoms with Crippen molar-refractivity contribution in [2.24, 2.45) is 11.3 Å². The Bertz CT molecular complexity index is 921. The summed E-state index contributed by atoms with van der Waals surface area (Å²) >= 11 is 0. The molecule has 1 heteroatoms. The van der Waals surface area contributed by atoms with Crippen LogP contribution in [0.15, 0.2) is 91.1 Å². The first kappa shape index (κ1) is 24.5. The summed E-state index contributed by atoms with van der Waals surface area (Å²) in [5.74, 6) is 0.834. The van der Waals surface area contributed by atoms with Gasteiger partial charge in [0.25, 0.3) is 0 Å². The highest BCUT2D eigenvalue weighted by atomic mass is 16.3. The van der Waals surface area contributed by atoms with Crippen molar-refractivity contribution < 1.29 is 5.11 Å². The second kappa shape index (κ2) is 11.6. The molecule has 31 heavy (non-hydrogen) atoms. The highest BCUT2D eigenvalue weighted by Gasteiger charge is 2.25. The van der Waals surface area contributed by atoms with E-state index in [2.05, 4.69) is 95.8 Å². The lowest BCUT2D eigenvalue weighted by molar-refractivity contribution is 0.342. The van der Waals surface area contributed by atoms with Crippen molar-refractivity contribution in [3.8, 4) is 5.75 Å². The van der Waals surface area contributed by atoms with Gasteiger partial charge in [-0.1, -0.05) is 107 Å². The van der Waals surface area contributed by atoms with Crippen LogP contribution in [0.1, 0.15) is 64.2 Å². The normalized spacial score (nSPS) is 15.9. The van der Waals surface area contributed by atoms with Gasteiger partial charge in [0.2, 0.25) is 0 Å². The first-order chi connectivity index (χ1) is 14.8. The summed E-state index contributed by atoms with van der Waals surface area (Å²) in [5, 5.41) is 9.44. The highest BCUT2D eigenvalue weighted by Crippen LogP contribution is 2.35. The summed E-state index contributed by atoms with van der Waals surface area (Å²) < 4.78 is 0. The number of allylic oxidation sites excluding steroid dienone is 6. The Morgan fingerprint density at radius 3 is 2.06 bits per heavy atom. The summed E-state index contributed by atoms with van der Waals surface area (Å²) in [6.07, 6.45) is 14.8. The van der Waals surface area contributed by atoms with E-state index in [1.165, 1.54) is 17.6 Å². The topological polar surface area (TPSA) is 20.2 Å². The van der Waals surface area contributed by atoms with E-state index < -0.39 is 0 Å². The van der Waals surface area contributed by atoms with Gasteiger partial charge in [0, 0.05) is 0 Å². The molecule has 2 aromatic carbocycles. The molecule has 0 fully saturated rings. The van der Waals surface area contributed by atoms with Crippen molar-refractivity contribution in [1.29, 1.82) is 0 Å². The average Bonchev–Trinajstić information content (AvgIpc) is 2.75. The van der Waals surface area contributed by atoms with Crippen LogP contribution in [0.25, 0.3) is 5.57 Å². The van der Waals surface area contributed by atoms with Crippen molar-refractivity contribution in [2.75, 3.05) is 0 Å². The predicted octanol–water partition coefficient (Wildman–Crippen LogP) is 8.52. The minimum atomic E-state index is 0.198. The first-order valence-corrected chi connectivity index (χ1v) is 11.4. The SMILES string of the molecule is C=C(c1ccc(O)cc1)c1ccc(CC2=CCC(C(C)(C)C=CC)C=C2)cc1.CCC. The third-order valence-corrected chi connectivity index (χ3v) is 5.65. The smallest absolute Gasteiger partial charge is 0.115 e. The zero-order chi connectivity index (χ0) is 22.9. The molecule has 1 unspecified atom stereocenters. The van der Waals surface area contributed by atoms with Crippen molar-refractivity contribution in [3.05, 3.63) is 108 Å². The number of hydrogen-bond donors (Lipinski definition) is 1. The largest absolute Gasteiger partial charge is 0.508 e. The minimum absolute atomic E-state index is 0.198. The van der Waals surface area contributed by atoms with Gasteiger partial charge in [-0.3, -0.25) is 0 Å². The molecular formula is C30H38O. The highest BCUT2D eigenvalue weighted by molar-refractivity contribution is 5.78. The monoisotopic (exact) mass is 414 g/mol. The third-order valence-electron chi connectivity index (χ3n) is 5.65. The summed E-state index contributed by atoms with van der Waals surface area (Å²) in [5.41, 5.74) is 6.00. The van der Waals surface area contributed by atoms with Crippen molar-refractivity contribution in [1.82, 2.24) is 0 Å². The minimum Gasteiger partial charge on any atom is -0.508 e. The number of benzene rings is 2. The van der Waals surface area contributed by atoms with Gasteiger partial charge in [0.1, 0.15) is 5.75 Å². The van der Waals surface area contributed by atoms with Crippen LogP contribution in [0.5, 0.6) is 5.75 Å². The molecule has 0 heterocycles. The van der Waals surface area contributed by atoms with E-state index in [0.29, 0.717) is 5.92 Å². The molecular weight excluding hydrogens is 376 g/mol. The quantitative estimate of drug-likeness (QED) is 0.470. The number of rotatable bonds is 6. The van der Waals surface area contributed by atoms with Gasteiger partial charge in [-0.15, -0.1) is 0 Å². The second-order valence-electron chi connectivity index (χ2n) is 8.91. The van der Waals surface area contributed by atoms with E-state index in [1.54, 1.807) is 12.1 Å². The lowest BCUT2D eigenvalue weighted by Gasteiger charge is -2.30. The molecule has 0 aliphatic heterocycles. The molecule has 2 aromatic rings. The fourth-order valence-electron chi connectivity index (χ4n) is 3.79. The Kier molecular flexibility index (Phi) is 9.12. The van der Waals surface area contributed by atoms with Gasteiger partial charge in [0.05, 0.1) is 0 Å². The van der Waals surface area contributed by atoms with Crippen molar-refractivity contribution in [2.45, 2.75) is 53.9 Å². The zero-order valence-electron chi connectivity index (χ0n) is 19.9. The van der Waals surface area contributed by atoms with Gasteiger partial charge < -0.3 is 5.11 Å². The van der Waals surface area contributed by atoms with Crippen LogP contribution in [0.3, 0.4) is 0 Å². The Hall–Kier alpha value is -2.80. The van der Waals surface area contributed by atoms with Crippen LogP contribution in [0, 0.1) is 11.3 Å². The van der Waals surface area contributed by atoms with E-state index in [0.717, 1.165) is 29.5 Å². The van der Waals surface area contributed by atoms with E-state index >= 15 is 0 Å². The van der Waals surface area contributed by atoms with Crippen LogP contribution in [-0.4, -0.2) is 5.11 Å². The van der Waals surface area contributed by atoms with Crippen LogP contribution < -0.4 is 0 Å². The molecule has 0 bridgehead atoms. The molecule has 0 aromatic heterocycles. The molecule has 164 valence electrons. The Morgan fingerprint density at radius 1 is 1.03 bits per heavy atom. The zero-order valence-corrected chi connectivity index (χ0v) is 19.9. The Labute approximate surface area is 189 Å². The molecule has 0 saturated carbocycles. The molecule has 1 nitrogen and oxygen atoms in total. The Morgan fingerprint density at radius 2 is 1.58 bits per heavy atom. The summed E-state index contributed by atoms with van der Waals surface area (Å²) in [6.45, 7) is 15.2. The number of aromatic hydroxyl groups is 1. The van der Waals surface area contributed by atoms with Gasteiger partial charge in [0.15, 0.2) is 0 Å². The van der Waals surface area contributed by atoms with Gasteiger partial charge in [-0.05, 0) is 71.1 Å². The first-order valence-electron chi connectivity index (χ1n) is 11.4. The molecule has 3 rings (SSSR count). The Balaban J connectivity index is 0.00000107. The lowest BCUT2D eigenvalue weighted by Crippen LogP contribution is -2.21. The molecule has 0 amide bonds. The maximum atomic E-state index is 9.44. The molecule has 1 N–H and O–H groups in total. The third kappa shape index (κ3) is 7.14. The standard InChI is InChI=1S/C27H30O.C3H8/c1-5-18-27(3,4)25-14-8-22(9-15-25)19-21-6-10-23(11-7-21)20(2)24-12-16-26(28)17-13-24;1-3-2/h5-14,16-18,25,28H,2,15,19H2,1,3-4H3;3H2,1-2H3. The van der Waals surface area contributed by atoms with Crippen molar-refractivity contribution >= 4 is 5.57 Å². The van der Waals surface area contributed by atoms with Gasteiger partial charge in [-0.25, -0.2) is 0 Å². The van der Waals surface area contributed by atoms with Crippen molar-refractivity contribution in [3.63, 3.8) is 0 Å². The van der Waals surface area contributed by atoms with E-state index in [-0.39, 0.29) is 11.2 Å². The van der Waals surface area contributed by atoms with Crippen LogP contribution in [0.4, 0.5) is 0 Å². The molecule has 0 spiro atoms. The summed E-state index contributed by atoms with van der Waals surface area (Å²) in [7, 11) is 0. The number of phenols is 1. The van der Waals surface area contributed by atoms with E-state index in [9.17, 15) is 5.11 Å². The second-order valence-corrected chi connectivity index (χ2v) is 8.91. The van der Waals surface area contributed by atoms with E-state index in [1.807, 2.05) is 12.1 Å². The maximum absolute atomic E-state index is 9.44. The maximum Gasteiger partial charge on any atom is 0.115 e. The van der Waals surface area contributed by atoms with Gasteiger partial charge in [-0.2, -0.15) is 0 Å².